The molecule has 1 aliphatic rings. The second kappa shape index (κ2) is 7.88. The normalized spacial score (nSPS) is 16.2. The zero-order valence-corrected chi connectivity index (χ0v) is 17.0. The van der Waals surface area contributed by atoms with Gasteiger partial charge in [-0.3, -0.25) is 4.79 Å². The quantitative estimate of drug-likeness (QED) is 0.476. The van der Waals surface area contributed by atoms with E-state index in [9.17, 15) is 13.6 Å². The molecule has 0 aliphatic carbocycles. The molecule has 0 unspecified atom stereocenters. The third-order valence-corrected chi connectivity index (χ3v) is 5.10. The fourth-order valence-electron chi connectivity index (χ4n) is 3.53. The highest BCUT2D eigenvalue weighted by Crippen LogP contribution is 2.31. The van der Waals surface area contributed by atoms with Gasteiger partial charge in [-0.05, 0) is 19.1 Å². The first-order chi connectivity index (χ1) is 15.5. The average molecular weight is 436 g/mol. The Labute approximate surface area is 181 Å². The monoisotopic (exact) mass is 436 g/mol. The van der Waals surface area contributed by atoms with Gasteiger partial charge < -0.3 is 15.4 Å². The van der Waals surface area contributed by atoms with Crippen LogP contribution >= 0.6 is 0 Å². The predicted octanol–water partition coefficient (Wildman–Crippen LogP) is 3.19. The Balaban J connectivity index is 1.68. The van der Waals surface area contributed by atoms with Crippen LogP contribution in [0.5, 0.6) is 5.88 Å². The second-order valence-corrected chi connectivity index (χ2v) is 7.42. The molecule has 4 aromatic rings. The van der Waals surface area contributed by atoms with E-state index in [1.807, 2.05) is 0 Å². The Morgan fingerprint density at radius 2 is 1.97 bits per heavy atom. The number of aromatic nitrogens is 4. The average Bonchev–Trinajstić information content (AvgIpc) is 3.20. The molecule has 2 bridgehead atoms. The molecule has 2 N–H and O–H groups in total. The van der Waals surface area contributed by atoms with Gasteiger partial charge in [0.05, 0.1) is 18.9 Å². The van der Waals surface area contributed by atoms with E-state index >= 15 is 0 Å². The molecular weight excluding hydrogens is 418 g/mol. The summed E-state index contributed by atoms with van der Waals surface area (Å²) in [6, 6.07) is 7.58. The van der Waals surface area contributed by atoms with Crippen LogP contribution in [0.4, 0.5) is 14.6 Å². The lowest BCUT2D eigenvalue weighted by Gasteiger charge is -2.17. The topological polar surface area (TPSA) is 93.4 Å². The smallest absolute Gasteiger partial charge is 0.256 e. The summed E-state index contributed by atoms with van der Waals surface area (Å²) >= 11 is 0. The maximum Gasteiger partial charge on any atom is 0.256 e. The Hall–Kier alpha value is -4.08. The molecule has 3 aromatic heterocycles. The summed E-state index contributed by atoms with van der Waals surface area (Å²) in [5, 5.41) is 10.1. The number of anilines is 1. The molecule has 162 valence electrons. The summed E-state index contributed by atoms with van der Waals surface area (Å²) in [4.78, 5) is 21.4. The van der Waals surface area contributed by atoms with Gasteiger partial charge in [-0.1, -0.05) is 18.2 Å². The number of carbonyl (C=O) groups excluding carboxylic acids is 1. The lowest BCUT2D eigenvalue weighted by Crippen LogP contribution is -2.33. The second-order valence-electron chi connectivity index (χ2n) is 7.42. The van der Waals surface area contributed by atoms with Crippen LogP contribution in [0.2, 0.25) is 0 Å². The van der Waals surface area contributed by atoms with Crippen molar-refractivity contribution in [2.24, 2.45) is 0 Å². The first-order valence-electron chi connectivity index (χ1n) is 9.96. The summed E-state index contributed by atoms with van der Waals surface area (Å²) in [5.74, 6) is -0.796. The number of hydrogen-bond donors (Lipinski definition) is 2. The van der Waals surface area contributed by atoms with E-state index in [0.717, 1.165) is 6.20 Å². The van der Waals surface area contributed by atoms with Crippen molar-refractivity contribution in [2.45, 2.75) is 19.6 Å². The molecule has 32 heavy (non-hydrogen) atoms. The van der Waals surface area contributed by atoms with Crippen molar-refractivity contribution in [3.63, 3.8) is 0 Å². The Bertz CT molecular complexity index is 1340. The van der Waals surface area contributed by atoms with Gasteiger partial charge in [0, 0.05) is 29.4 Å². The van der Waals surface area contributed by atoms with Gasteiger partial charge in [-0.25, -0.2) is 23.3 Å². The lowest BCUT2D eigenvalue weighted by molar-refractivity contribution is 0.0932. The molecular formula is C22H18F2N6O2. The number of amides is 1. The van der Waals surface area contributed by atoms with E-state index in [1.165, 1.54) is 22.8 Å². The minimum atomic E-state index is -0.518. The van der Waals surface area contributed by atoms with Crippen molar-refractivity contribution in [3.8, 4) is 17.0 Å². The molecule has 0 spiro atoms. The highest BCUT2D eigenvalue weighted by Gasteiger charge is 2.21. The van der Waals surface area contributed by atoms with E-state index in [1.54, 1.807) is 31.3 Å². The Morgan fingerprint density at radius 3 is 2.81 bits per heavy atom. The van der Waals surface area contributed by atoms with Gasteiger partial charge in [0.2, 0.25) is 5.88 Å². The highest BCUT2D eigenvalue weighted by atomic mass is 19.1. The molecule has 0 radical (unpaired) electrons. The number of rotatable bonds is 1. The minimum Gasteiger partial charge on any atom is -0.473 e. The van der Waals surface area contributed by atoms with Crippen molar-refractivity contribution in [3.05, 3.63) is 71.7 Å². The van der Waals surface area contributed by atoms with Crippen molar-refractivity contribution >= 4 is 17.4 Å². The molecule has 1 aliphatic heterocycles. The molecule has 8 nitrogen and oxygen atoms in total. The van der Waals surface area contributed by atoms with Crippen LogP contribution < -0.4 is 15.4 Å². The van der Waals surface area contributed by atoms with Gasteiger partial charge in [0.25, 0.3) is 5.91 Å². The van der Waals surface area contributed by atoms with Crippen molar-refractivity contribution < 1.29 is 18.3 Å². The fourth-order valence-corrected chi connectivity index (χ4v) is 3.53. The number of ether oxygens (including phenoxy) is 1. The largest absolute Gasteiger partial charge is 0.473 e. The predicted molar refractivity (Wildman–Crippen MR) is 112 cm³/mol. The number of fused-ring (bicyclic) bond motifs is 2. The molecule has 0 saturated carbocycles. The van der Waals surface area contributed by atoms with Crippen LogP contribution in [-0.2, 0) is 6.54 Å². The van der Waals surface area contributed by atoms with Gasteiger partial charge in [-0.15, -0.1) is 0 Å². The zero-order chi connectivity index (χ0) is 22.2. The van der Waals surface area contributed by atoms with E-state index in [-0.39, 0.29) is 30.4 Å². The first-order valence-corrected chi connectivity index (χ1v) is 9.96. The lowest BCUT2D eigenvalue weighted by atomic mass is 10.1. The number of pyridine rings is 1. The van der Waals surface area contributed by atoms with Crippen LogP contribution in [0, 0.1) is 11.6 Å². The van der Waals surface area contributed by atoms with Crippen LogP contribution in [-0.4, -0.2) is 38.1 Å². The van der Waals surface area contributed by atoms with Gasteiger partial charge in [0.1, 0.15) is 29.1 Å². The molecule has 10 heteroatoms. The summed E-state index contributed by atoms with van der Waals surface area (Å²) in [5.41, 5.74) is 1.76. The van der Waals surface area contributed by atoms with E-state index < -0.39 is 17.7 Å². The molecule has 0 saturated heterocycles. The number of carbonyl (C=O) groups is 1. The molecule has 1 amide bonds. The maximum absolute atomic E-state index is 14.6. The van der Waals surface area contributed by atoms with Crippen LogP contribution in [0.15, 0.2) is 48.9 Å². The standard InChI is InChI=1S/C22H18F2N6O2/c1-12-7-26-21(31)16-10-28-30-11-17(15-4-2-3-5-18(15)24)19(29-20(16)30)25-8-13-6-14(23)9-27-22(13)32-12/h2-6,9-12H,7-8H2,1H3,(H,25,29)(H,26,31)/t12-/m0/s1. The molecule has 0 fully saturated rings. The Kier molecular flexibility index (Phi) is 4.89. The van der Waals surface area contributed by atoms with E-state index in [2.05, 4.69) is 25.7 Å². The molecule has 1 atom stereocenters. The van der Waals surface area contributed by atoms with Gasteiger partial charge >= 0.3 is 0 Å². The van der Waals surface area contributed by atoms with E-state index in [4.69, 9.17) is 4.74 Å². The van der Waals surface area contributed by atoms with Crippen molar-refractivity contribution in [1.82, 2.24) is 24.9 Å². The number of nitrogens with zero attached hydrogens (tertiary/aromatic N) is 4. The summed E-state index contributed by atoms with van der Waals surface area (Å²) in [6.07, 6.45) is 3.65. The number of halogens is 2. The molecule has 5 rings (SSSR count). The number of benzene rings is 1. The van der Waals surface area contributed by atoms with Gasteiger partial charge in [-0.2, -0.15) is 5.10 Å². The van der Waals surface area contributed by atoms with Gasteiger partial charge in [0.15, 0.2) is 5.65 Å². The third kappa shape index (κ3) is 3.59. The minimum absolute atomic E-state index is 0.113. The zero-order valence-electron chi connectivity index (χ0n) is 17.0. The van der Waals surface area contributed by atoms with Crippen molar-refractivity contribution in [2.75, 3.05) is 11.9 Å². The molecule has 1 aromatic carbocycles. The SMILES string of the molecule is C[C@H]1CNC(=O)c2cnn3cc(-c4ccccc4F)c(nc23)NCc2cc(F)cnc2O1. The van der Waals surface area contributed by atoms with Crippen LogP contribution in [0.3, 0.4) is 0 Å². The maximum atomic E-state index is 14.6. The van der Waals surface area contributed by atoms with Crippen molar-refractivity contribution in [1.29, 1.82) is 0 Å². The fraction of sp³-hybridized carbons (Fsp3) is 0.182. The highest BCUT2D eigenvalue weighted by molar-refractivity contribution is 6.00. The third-order valence-electron chi connectivity index (χ3n) is 5.10. The Morgan fingerprint density at radius 1 is 1.12 bits per heavy atom. The van der Waals surface area contributed by atoms with Crippen LogP contribution in [0.1, 0.15) is 22.8 Å². The van der Waals surface area contributed by atoms with Crippen LogP contribution in [0.25, 0.3) is 16.8 Å². The molecule has 4 heterocycles. The number of hydrogen-bond acceptors (Lipinski definition) is 6. The summed E-state index contributed by atoms with van der Waals surface area (Å²) in [6.45, 7) is 2.08. The van der Waals surface area contributed by atoms with E-state index in [0.29, 0.717) is 28.2 Å². The summed E-state index contributed by atoms with van der Waals surface area (Å²) in [7, 11) is 0. The number of nitrogens with one attached hydrogen (secondary N) is 2. The summed E-state index contributed by atoms with van der Waals surface area (Å²) < 4.78 is 35.8. The first kappa shape index (κ1) is 19.9.